The van der Waals surface area contributed by atoms with Gasteiger partial charge in [-0.3, -0.25) is 4.79 Å². The van der Waals surface area contributed by atoms with Crippen molar-refractivity contribution in [2.24, 2.45) is 0 Å². The number of carbonyl (C=O) groups is 1. The van der Waals surface area contributed by atoms with Crippen molar-refractivity contribution in [1.29, 1.82) is 0 Å². The molecule has 6 heteroatoms. The van der Waals surface area contributed by atoms with E-state index in [0.717, 1.165) is 18.5 Å². The first-order chi connectivity index (χ1) is 11.6. The third-order valence-electron chi connectivity index (χ3n) is 4.19. The maximum atomic E-state index is 12.9. The molecule has 0 bridgehead atoms. The van der Waals surface area contributed by atoms with Gasteiger partial charge >= 0.3 is 0 Å². The van der Waals surface area contributed by atoms with Gasteiger partial charge in [-0.15, -0.1) is 5.10 Å². The molecule has 1 heterocycles. The number of carbonyl (C=O) groups excluding carboxylic acids is 1. The van der Waals surface area contributed by atoms with Crippen molar-refractivity contribution >= 4 is 5.91 Å². The molecule has 0 saturated carbocycles. The van der Waals surface area contributed by atoms with Gasteiger partial charge < -0.3 is 9.64 Å². The van der Waals surface area contributed by atoms with Crippen LogP contribution in [0.3, 0.4) is 0 Å². The topological polar surface area (TPSA) is 60.2 Å². The number of ether oxygens (including phenoxy) is 1. The van der Waals surface area contributed by atoms with Crippen molar-refractivity contribution in [1.82, 2.24) is 19.9 Å². The third kappa shape index (κ3) is 4.20. The van der Waals surface area contributed by atoms with Crippen LogP contribution in [0.1, 0.15) is 42.7 Å². The molecule has 0 atom stereocenters. The Labute approximate surface area is 143 Å². The molecule has 2 rings (SSSR count). The van der Waals surface area contributed by atoms with Crippen LogP contribution >= 0.6 is 0 Å². The van der Waals surface area contributed by atoms with Crippen LogP contribution in [0.25, 0.3) is 5.69 Å². The Balaban J connectivity index is 2.21. The highest BCUT2D eigenvalue weighted by atomic mass is 16.5. The quantitative estimate of drug-likeness (QED) is 0.747. The van der Waals surface area contributed by atoms with Gasteiger partial charge in [-0.25, -0.2) is 4.68 Å². The summed E-state index contributed by atoms with van der Waals surface area (Å²) < 4.78 is 6.78. The molecular weight excluding hydrogens is 304 g/mol. The van der Waals surface area contributed by atoms with Crippen molar-refractivity contribution in [3.05, 3.63) is 41.7 Å². The minimum absolute atomic E-state index is 0.0980. The number of aromatic nitrogens is 3. The van der Waals surface area contributed by atoms with E-state index in [1.54, 1.807) is 18.0 Å². The largest absolute Gasteiger partial charge is 0.383 e. The summed E-state index contributed by atoms with van der Waals surface area (Å²) in [5, 5.41) is 8.17. The number of hydrogen-bond acceptors (Lipinski definition) is 4. The fourth-order valence-electron chi connectivity index (χ4n) is 2.70. The summed E-state index contributed by atoms with van der Waals surface area (Å²) in [5.74, 6) is -0.0980. The van der Waals surface area contributed by atoms with Crippen LogP contribution in [-0.2, 0) is 4.74 Å². The molecule has 0 unspecified atom stereocenters. The molecule has 1 aromatic carbocycles. The zero-order chi connectivity index (χ0) is 17.5. The van der Waals surface area contributed by atoms with E-state index in [1.165, 1.54) is 5.56 Å². The van der Waals surface area contributed by atoms with Gasteiger partial charge in [-0.05, 0) is 31.9 Å². The van der Waals surface area contributed by atoms with Gasteiger partial charge in [-0.1, -0.05) is 36.8 Å². The average molecular weight is 330 g/mol. The first kappa shape index (κ1) is 18.1. The number of nitrogens with zero attached hydrogens (tertiary/aromatic N) is 4. The van der Waals surface area contributed by atoms with Gasteiger partial charge in [0.2, 0.25) is 0 Å². The van der Waals surface area contributed by atoms with E-state index in [-0.39, 0.29) is 11.9 Å². The second-order valence-corrected chi connectivity index (χ2v) is 5.85. The van der Waals surface area contributed by atoms with Gasteiger partial charge in [0.25, 0.3) is 5.91 Å². The second-order valence-electron chi connectivity index (χ2n) is 5.85. The van der Waals surface area contributed by atoms with Crippen molar-refractivity contribution in [2.75, 3.05) is 20.3 Å². The van der Waals surface area contributed by atoms with E-state index in [4.69, 9.17) is 4.74 Å². The first-order valence-corrected chi connectivity index (χ1v) is 8.40. The normalized spacial score (nSPS) is 11.0. The van der Waals surface area contributed by atoms with E-state index < -0.39 is 0 Å². The van der Waals surface area contributed by atoms with Crippen molar-refractivity contribution in [2.45, 2.75) is 39.7 Å². The minimum atomic E-state index is -0.0980. The molecule has 0 aliphatic heterocycles. The highest BCUT2D eigenvalue weighted by Crippen LogP contribution is 2.14. The summed E-state index contributed by atoms with van der Waals surface area (Å²) in [6.45, 7) is 7.27. The van der Waals surface area contributed by atoms with Gasteiger partial charge in [0, 0.05) is 19.7 Å². The number of methoxy groups -OCH3 is 1. The Bertz CT molecular complexity index is 647. The predicted octanol–water partition coefficient (Wildman–Crippen LogP) is 2.85. The predicted molar refractivity (Wildman–Crippen MR) is 93.4 cm³/mol. The van der Waals surface area contributed by atoms with Gasteiger partial charge in [-0.2, -0.15) is 0 Å². The zero-order valence-corrected chi connectivity index (χ0v) is 14.9. The van der Waals surface area contributed by atoms with Gasteiger partial charge in [0.1, 0.15) is 0 Å². The summed E-state index contributed by atoms with van der Waals surface area (Å²) in [4.78, 5) is 14.7. The lowest BCUT2D eigenvalue weighted by molar-refractivity contribution is 0.0583. The zero-order valence-electron chi connectivity index (χ0n) is 14.9. The summed E-state index contributed by atoms with van der Waals surface area (Å²) >= 11 is 0. The van der Waals surface area contributed by atoms with Crippen molar-refractivity contribution in [3.63, 3.8) is 0 Å². The van der Waals surface area contributed by atoms with E-state index in [1.807, 2.05) is 36.1 Å². The molecule has 130 valence electrons. The fraction of sp³-hybridized carbons (Fsp3) is 0.500. The highest BCUT2D eigenvalue weighted by Gasteiger charge is 2.24. The maximum absolute atomic E-state index is 12.9. The number of amides is 1. The summed E-state index contributed by atoms with van der Waals surface area (Å²) in [7, 11) is 1.64. The standard InChI is InChI=1S/C18H26N4O2/c1-5-15(6-2)21(11-12-24-4)18(23)17-13-22(20-19-17)16-9-7-14(3)8-10-16/h7-10,13,15H,5-6,11-12H2,1-4H3. The highest BCUT2D eigenvalue weighted by molar-refractivity contribution is 5.92. The summed E-state index contributed by atoms with van der Waals surface area (Å²) in [5.41, 5.74) is 2.42. The van der Waals surface area contributed by atoms with Gasteiger partial charge in [0.15, 0.2) is 5.69 Å². The number of benzene rings is 1. The molecule has 0 radical (unpaired) electrons. The van der Waals surface area contributed by atoms with Gasteiger partial charge in [0.05, 0.1) is 18.5 Å². The molecule has 2 aromatic rings. The summed E-state index contributed by atoms with van der Waals surface area (Å²) in [6.07, 6.45) is 3.49. The monoisotopic (exact) mass is 330 g/mol. The second kappa shape index (κ2) is 8.59. The Kier molecular flexibility index (Phi) is 6.49. The van der Waals surface area contributed by atoms with E-state index in [9.17, 15) is 4.79 Å². The number of hydrogen-bond donors (Lipinski definition) is 0. The molecule has 1 aromatic heterocycles. The SMILES string of the molecule is CCC(CC)N(CCOC)C(=O)c1cn(-c2ccc(C)cc2)nn1. The summed E-state index contributed by atoms with van der Waals surface area (Å²) in [6, 6.07) is 8.11. The maximum Gasteiger partial charge on any atom is 0.276 e. The Morgan fingerprint density at radius 3 is 2.50 bits per heavy atom. The lowest BCUT2D eigenvalue weighted by atomic mass is 10.1. The third-order valence-corrected chi connectivity index (χ3v) is 4.19. The van der Waals surface area contributed by atoms with Crippen LogP contribution < -0.4 is 0 Å². The lowest BCUT2D eigenvalue weighted by Crippen LogP contribution is -2.42. The van der Waals surface area contributed by atoms with Crippen LogP contribution in [-0.4, -0.2) is 52.1 Å². The van der Waals surface area contributed by atoms with Crippen LogP contribution in [0, 0.1) is 6.92 Å². The Morgan fingerprint density at radius 2 is 1.92 bits per heavy atom. The molecule has 24 heavy (non-hydrogen) atoms. The van der Waals surface area contributed by atoms with Crippen molar-refractivity contribution in [3.8, 4) is 5.69 Å². The molecule has 0 saturated heterocycles. The molecule has 6 nitrogen and oxygen atoms in total. The van der Waals surface area contributed by atoms with E-state index in [2.05, 4.69) is 24.2 Å². The van der Waals surface area contributed by atoms with Crippen LogP contribution in [0.5, 0.6) is 0 Å². The molecule has 0 aliphatic rings. The lowest BCUT2D eigenvalue weighted by Gasteiger charge is -2.29. The van der Waals surface area contributed by atoms with E-state index in [0.29, 0.717) is 18.8 Å². The minimum Gasteiger partial charge on any atom is -0.383 e. The van der Waals surface area contributed by atoms with Crippen LogP contribution in [0.15, 0.2) is 30.5 Å². The molecule has 0 spiro atoms. The number of rotatable bonds is 8. The molecule has 0 N–H and O–H groups in total. The first-order valence-electron chi connectivity index (χ1n) is 8.40. The Morgan fingerprint density at radius 1 is 1.25 bits per heavy atom. The van der Waals surface area contributed by atoms with Crippen LogP contribution in [0.2, 0.25) is 0 Å². The van der Waals surface area contributed by atoms with Crippen molar-refractivity contribution < 1.29 is 9.53 Å². The molecule has 0 aliphatic carbocycles. The molecule has 0 fully saturated rings. The smallest absolute Gasteiger partial charge is 0.276 e. The van der Waals surface area contributed by atoms with E-state index >= 15 is 0 Å². The molecular formula is C18H26N4O2. The van der Waals surface area contributed by atoms with Crippen LogP contribution in [0.4, 0.5) is 0 Å². The Hall–Kier alpha value is -2.21. The number of aryl methyl sites for hydroxylation is 1. The fourth-order valence-corrected chi connectivity index (χ4v) is 2.70. The molecule has 1 amide bonds. The average Bonchev–Trinajstić information content (AvgIpc) is 3.09.